The van der Waals surface area contributed by atoms with E-state index < -0.39 is 0 Å². The van der Waals surface area contributed by atoms with Crippen molar-refractivity contribution in [3.63, 3.8) is 0 Å². The topological polar surface area (TPSA) is 46.8 Å². The molecule has 4 nitrogen and oxygen atoms in total. The van der Waals surface area contributed by atoms with Crippen molar-refractivity contribution in [3.8, 4) is 11.6 Å². The molecule has 0 aliphatic heterocycles. The van der Waals surface area contributed by atoms with Crippen LogP contribution in [-0.4, -0.2) is 14.8 Å². The summed E-state index contributed by atoms with van der Waals surface area (Å²) in [5.74, 6) is 2.31. The Balaban J connectivity index is 1.86. The summed E-state index contributed by atoms with van der Waals surface area (Å²) in [7, 11) is 0. The maximum absolute atomic E-state index is 5.41. The van der Waals surface area contributed by atoms with Crippen LogP contribution in [0.3, 0.4) is 0 Å². The van der Waals surface area contributed by atoms with Gasteiger partial charge in [-0.25, -0.2) is 0 Å². The first-order chi connectivity index (χ1) is 8.84. The quantitative estimate of drug-likeness (QED) is 0.857. The molecule has 0 radical (unpaired) electrons. The number of aromatic nitrogens is 3. The molecule has 0 spiro atoms. The van der Waals surface area contributed by atoms with Crippen LogP contribution in [0, 0.1) is 10.7 Å². The molecule has 3 rings (SSSR count). The van der Waals surface area contributed by atoms with E-state index in [0.29, 0.717) is 4.77 Å². The molecule has 2 aromatic heterocycles. The van der Waals surface area contributed by atoms with Crippen molar-refractivity contribution < 1.29 is 4.42 Å². The zero-order chi connectivity index (χ0) is 12.4. The van der Waals surface area contributed by atoms with E-state index in [1.54, 1.807) is 6.26 Å². The smallest absolute Gasteiger partial charge is 0.198 e. The highest BCUT2D eigenvalue weighted by Crippen LogP contribution is 2.27. The van der Waals surface area contributed by atoms with E-state index >= 15 is 0 Å². The Labute approximate surface area is 111 Å². The molecule has 0 bridgehead atoms. The number of rotatable bonds is 3. The van der Waals surface area contributed by atoms with Gasteiger partial charge < -0.3 is 4.42 Å². The number of nitrogens with one attached hydrogen (secondary N) is 1. The van der Waals surface area contributed by atoms with Crippen LogP contribution in [0.4, 0.5) is 0 Å². The number of hydrogen-bond acceptors (Lipinski definition) is 3. The monoisotopic (exact) mass is 263 g/mol. The first-order valence-electron chi connectivity index (χ1n) is 6.53. The molecule has 0 unspecified atom stereocenters. The average molecular weight is 263 g/mol. The van der Waals surface area contributed by atoms with Gasteiger partial charge in [0.1, 0.15) is 0 Å². The number of nitrogens with zero attached hydrogens (tertiary/aromatic N) is 2. The highest BCUT2D eigenvalue weighted by molar-refractivity contribution is 7.71. The van der Waals surface area contributed by atoms with Gasteiger partial charge in [-0.05, 0) is 43.1 Å². The van der Waals surface area contributed by atoms with Gasteiger partial charge in [-0.1, -0.05) is 19.3 Å². The molecular formula is C13H17N3OS. The van der Waals surface area contributed by atoms with Crippen molar-refractivity contribution in [1.29, 1.82) is 0 Å². The van der Waals surface area contributed by atoms with Crippen LogP contribution in [-0.2, 0) is 6.54 Å². The summed E-state index contributed by atoms with van der Waals surface area (Å²) in [5.41, 5.74) is 0. The third-order valence-corrected chi connectivity index (χ3v) is 3.98. The number of H-pyrrole nitrogens is 1. The summed E-state index contributed by atoms with van der Waals surface area (Å²) >= 11 is 5.32. The second kappa shape index (κ2) is 5.10. The minimum atomic E-state index is 0.687. The Bertz CT molecular complexity index is 549. The maximum atomic E-state index is 5.41. The fourth-order valence-corrected chi connectivity index (χ4v) is 2.92. The number of aromatic amines is 1. The van der Waals surface area contributed by atoms with Crippen LogP contribution in [0.5, 0.6) is 0 Å². The molecule has 1 aliphatic rings. The second-order valence-electron chi connectivity index (χ2n) is 4.94. The molecular weight excluding hydrogens is 246 g/mol. The van der Waals surface area contributed by atoms with Gasteiger partial charge in [-0.3, -0.25) is 9.67 Å². The van der Waals surface area contributed by atoms with Crippen LogP contribution >= 0.6 is 12.2 Å². The molecule has 5 heteroatoms. The molecule has 1 fully saturated rings. The van der Waals surface area contributed by atoms with E-state index in [1.807, 2.05) is 12.1 Å². The fourth-order valence-electron chi connectivity index (χ4n) is 2.71. The number of furan rings is 1. The lowest BCUT2D eigenvalue weighted by Gasteiger charge is -2.22. The molecule has 1 aliphatic carbocycles. The molecule has 2 aromatic rings. The van der Waals surface area contributed by atoms with Crippen molar-refractivity contribution in [2.24, 2.45) is 5.92 Å². The van der Waals surface area contributed by atoms with E-state index in [2.05, 4.69) is 14.8 Å². The summed E-state index contributed by atoms with van der Waals surface area (Å²) in [5, 5.41) is 7.15. The summed E-state index contributed by atoms with van der Waals surface area (Å²) in [6, 6.07) is 3.79. The standard InChI is InChI=1S/C13H17N3OS/c18-13-15-14-12(11-7-4-8-17-11)16(13)9-10-5-2-1-3-6-10/h4,7-8,10H,1-3,5-6,9H2,(H,15,18). The largest absolute Gasteiger partial charge is 0.461 e. The fraction of sp³-hybridized carbons (Fsp3) is 0.538. The van der Waals surface area contributed by atoms with E-state index in [4.69, 9.17) is 16.6 Å². The van der Waals surface area contributed by atoms with Crippen molar-refractivity contribution in [2.45, 2.75) is 38.6 Å². The molecule has 0 aromatic carbocycles. The van der Waals surface area contributed by atoms with Crippen LogP contribution in [0.15, 0.2) is 22.8 Å². The average Bonchev–Trinajstić information content (AvgIpc) is 3.02. The minimum Gasteiger partial charge on any atom is -0.461 e. The third kappa shape index (κ3) is 2.27. The SMILES string of the molecule is S=c1[nH]nc(-c2ccco2)n1CC1CCCCC1. The van der Waals surface area contributed by atoms with E-state index in [9.17, 15) is 0 Å². The molecule has 0 amide bonds. The van der Waals surface area contributed by atoms with Gasteiger partial charge in [0.2, 0.25) is 0 Å². The molecule has 0 saturated heterocycles. The maximum Gasteiger partial charge on any atom is 0.198 e. The summed E-state index contributed by atoms with van der Waals surface area (Å²) in [6.07, 6.45) is 8.31. The Hall–Kier alpha value is -1.36. The Morgan fingerprint density at radius 2 is 2.22 bits per heavy atom. The minimum absolute atomic E-state index is 0.687. The Kier molecular flexibility index (Phi) is 3.32. The van der Waals surface area contributed by atoms with Gasteiger partial charge in [-0.15, -0.1) is 0 Å². The van der Waals surface area contributed by atoms with Crippen molar-refractivity contribution in [2.75, 3.05) is 0 Å². The predicted octanol–water partition coefficient (Wildman–Crippen LogP) is 3.78. The lowest BCUT2D eigenvalue weighted by molar-refractivity contribution is 0.318. The highest BCUT2D eigenvalue weighted by atomic mass is 32.1. The first-order valence-corrected chi connectivity index (χ1v) is 6.94. The van der Waals surface area contributed by atoms with E-state index in [1.165, 1.54) is 32.1 Å². The zero-order valence-corrected chi connectivity index (χ0v) is 11.1. The molecule has 96 valence electrons. The van der Waals surface area contributed by atoms with Crippen LogP contribution in [0.25, 0.3) is 11.6 Å². The summed E-state index contributed by atoms with van der Waals surface area (Å²) < 4.78 is 8.17. The van der Waals surface area contributed by atoms with Crippen molar-refractivity contribution in [3.05, 3.63) is 23.2 Å². The summed E-state index contributed by atoms with van der Waals surface area (Å²) in [4.78, 5) is 0. The second-order valence-corrected chi connectivity index (χ2v) is 5.33. The van der Waals surface area contributed by atoms with Gasteiger partial charge in [0, 0.05) is 6.54 Å². The lowest BCUT2D eigenvalue weighted by Crippen LogP contribution is -2.15. The lowest BCUT2D eigenvalue weighted by atomic mass is 9.89. The zero-order valence-electron chi connectivity index (χ0n) is 10.3. The molecule has 2 heterocycles. The van der Waals surface area contributed by atoms with Gasteiger partial charge >= 0.3 is 0 Å². The number of hydrogen-bond donors (Lipinski definition) is 1. The predicted molar refractivity (Wildman–Crippen MR) is 71.7 cm³/mol. The molecule has 18 heavy (non-hydrogen) atoms. The van der Waals surface area contributed by atoms with Gasteiger partial charge in [-0.2, -0.15) is 5.10 Å². The van der Waals surface area contributed by atoms with Crippen molar-refractivity contribution in [1.82, 2.24) is 14.8 Å². The third-order valence-electron chi connectivity index (χ3n) is 3.67. The van der Waals surface area contributed by atoms with Gasteiger partial charge in [0.15, 0.2) is 16.4 Å². The Morgan fingerprint density at radius 3 is 2.94 bits per heavy atom. The van der Waals surface area contributed by atoms with Crippen molar-refractivity contribution >= 4 is 12.2 Å². The van der Waals surface area contributed by atoms with Crippen LogP contribution in [0.2, 0.25) is 0 Å². The molecule has 1 N–H and O–H groups in total. The van der Waals surface area contributed by atoms with Crippen LogP contribution < -0.4 is 0 Å². The van der Waals surface area contributed by atoms with Gasteiger partial charge in [0.05, 0.1) is 6.26 Å². The Morgan fingerprint density at radius 1 is 1.39 bits per heavy atom. The molecule has 1 saturated carbocycles. The first kappa shape index (κ1) is 11.7. The van der Waals surface area contributed by atoms with E-state index in [-0.39, 0.29) is 0 Å². The molecule has 0 atom stereocenters. The summed E-state index contributed by atoms with van der Waals surface area (Å²) in [6.45, 7) is 0.950. The normalized spacial score (nSPS) is 17.1. The van der Waals surface area contributed by atoms with E-state index in [0.717, 1.165) is 24.0 Å². The van der Waals surface area contributed by atoms with Crippen LogP contribution in [0.1, 0.15) is 32.1 Å². The van der Waals surface area contributed by atoms with Gasteiger partial charge in [0.25, 0.3) is 0 Å². The highest BCUT2D eigenvalue weighted by Gasteiger charge is 2.18.